The fourth-order valence-corrected chi connectivity index (χ4v) is 3.58. The standard InChI is InChI=1S/C17H19FN2O2S/c1-22-15-8-7-12(9-13(15)18)14-10-23-17(19-14)20-16(21)11-5-3-2-4-6-11/h7-11H,2-6H2,1H3,(H,19,20,21). The van der Waals surface area contributed by atoms with Crippen molar-refractivity contribution in [1.82, 2.24) is 4.98 Å². The molecule has 0 radical (unpaired) electrons. The van der Waals surface area contributed by atoms with E-state index in [0.29, 0.717) is 16.4 Å². The molecular weight excluding hydrogens is 315 g/mol. The third-order valence-electron chi connectivity index (χ3n) is 4.16. The quantitative estimate of drug-likeness (QED) is 0.897. The Morgan fingerprint density at radius 3 is 2.83 bits per heavy atom. The van der Waals surface area contributed by atoms with Gasteiger partial charge >= 0.3 is 0 Å². The van der Waals surface area contributed by atoms with Crippen molar-refractivity contribution >= 4 is 22.4 Å². The molecule has 23 heavy (non-hydrogen) atoms. The molecule has 0 saturated heterocycles. The van der Waals surface area contributed by atoms with E-state index in [1.807, 2.05) is 5.38 Å². The molecule has 0 aliphatic heterocycles. The number of nitrogens with one attached hydrogen (secondary N) is 1. The van der Waals surface area contributed by atoms with Gasteiger partial charge < -0.3 is 10.1 Å². The number of methoxy groups -OCH3 is 1. The average molecular weight is 334 g/mol. The average Bonchev–Trinajstić information content (AvgIpc) is 3.04. The van der Waals surface area contributed by atoms with Gasteiger partial charge in [0.25, 0.3) is 0 Å². The number of nitrogens with zero attached hydrogens (tertiary/aromatic N) is 1. The SMILES string of the molecule is COc1ccc(-c2csc(NC(=O)C3CCCCC3)n2)cc1F. The molecule has 0 bridgehead atoms. The second kappa shape index (κ2) is 7.08. The van der Waals surface area contributed by atoms with Crippen LogP contribution >= 0.6 is 11.3 Å². The maximum Gasteiger partial charge on any atom is 0.229 e. The fourth-order valence-electron chi connectivity index (χ4n) is 2.86. The minimum absolute atomic E-state index is 0.0477. The summed E-state index contributed by atoms with van der Waals surface area (Å²) in [5, 5.41) is 5.27. The maximum atomic E-state index is 13.8. The third-order valence-corrected chi connectivity index (χ3v) is 4.92. The van der Waals surface area contributed by atoms with Gasteiger partial charge in [0.2, 0.25) is 5.91 Å². The number of hydrogen-bond donors (Lipinski definition) is 1. The van der Waals surface area contributed by atoms with Crippen molar-refractivity contribution in [2.75, 3.05) is 12.4 Å². The number of benzene rings is 1. The van der Waals surface area contributed by atoms with E-state index < -0.39 is 5.82 Å². The zero-order valence-corrected chi connectivity index (χ0v) is 13.8. The van der Waals surface area contributed by atoms with Crippen LogP contribution in [0.3, 0.4) is 0 Å². The van der Waals surface area contributed by atoms with Gasteiger partial charge in [-0.15, -0.1) is 11.3 Å². The molecule has 0 spiro atoms. The van der Waals surface area contributed by atoms with E-state index in [4.69, 9.17) is 4.74 Å². The van der Waals surface area contributed by atoms with Gasteiger partial charge in [-0.05, 0) is 31.0 Å². The third kappa shape index (κ3) is 3.69. The molecule has 3 rings (SSSR count). The van der Waals surface area contributed by atoms with E-state index in [1.165, 1.54) is 30.9 Å². The number of aromatic nitrogens is 1. The largest absolute Gasteiger partial charge is 0.494 e. The van der Waals surface area contributed by atoms with Crippen LogP contribution in [0, 0.1) is 11.7 Å². The lowest BCUT2D eigenvalue weighted by molar-refractivity contribution is -0.120. The molecule has 1 N–H and O–H groups in total. The Labute approximate surface area is 138 Å². The number of amides is 1. The van der Waals surface area contributed by atoms with E-state index >= 15 is 0 Å². The molecule has 1 aromatic carbocycles. The molecule has 1 saturated carbocycles. The van der Waals surface area contributed by atoms with Crippen molar-refractivity contribution in [3.8, 4) is 17.0 Å². The topological polar surface area (TPSA) is 51.2 Å². The molecular formula is C17H19FN2O2S. The van der Waals surface area contributed by atoms with Crippen LogP contribution in [0.1, 0.15) is 32.1 Å². The normalized spacial score (nSPS) is 15.4. The van der Waals surface area contributed by atoms with Gasteiger partial charge in [0.15, 0.2) is 16.7 Å². The Kier molecular flexibility index (Phi) is 4.91. The number of anilines is 1. The zero-order valence-electron chi connectivity index (χ0n) is 13.0. The minimum atomic E-state index is -0.425. The van der Waals surface area contributed by atoms with Gasteiger partial charge in [-0.25, -0.2) is 9.37 Å². The molecule has 1 heterocycles. The zero-order chi connectivity index (χ0) is 16.2. The molecule has 1 aliphatic rings. The smallest absolute Gasteiger partial charge is 0.229 e. The predicted octanol–water partition coefficient (Wildman–Crippen LogP) is 4.48. The predicted molar refractivity (Wildman–Crippen MR) is 89.3 cm³/mol. The Morgan fingerprint density at radius 1 is 1.35 bits per heavy atom. The van der Waals surface area contributed by atoms with Gasteiger partial charge in [0.05, 0.1) is 12.8 Å². The highest BCUT2D eigenvalue weighted by Gasteiger charge is 2.22. The Morgan fingerprint density at radius 2 is 2.13 bits per heavy atom. The van der Waals surface area contributed by atoms with Crippen LogP contribution in [0.2, 0.25) is 0 Å². The first-order chi connectivity index (χ1) is 11.2. The number of carbonyl (C=O) groups excluding carboxylic acids is 1. The van der Waals surface area contributed by atoms with Gasteiger partial charge in [0.1, 0.15) is 0 Å². The van der Waals surface area contributed by atoms with Crippen LogP contribution in [0.4, 0.5) is 9.52 Å². The molecule has 1 fully saturated rings. The number of carbonyl (C=O) groups is 1. The molecule has 1 aromatic heterocycles. The van der Waals surface area contributed by atoms with Gasteiger partial charge in [0, 0.05) is 16.9 Å². The van der Waals surface area contributed by atoms with E-state index in [1.54, 1.807) is 12.1 Å². The summed E-state index contributed by atoms with van der Waals surface area (Å²) in [4.78, 5) is 16.6. The van der Waals surface area contributed by atoms with Crippen molar-refractivity contribution in [2.45, 2.75) is 32.1 Å². The molecule has 0 unspecified atom stereocenters. The highest BCUT2D eigenvalue weighted by atomic mass is 32.1. The van der Waals surface area contributed by atoms with Crippen LogP contribution in [0.25, 0.3) is 11.3 Å². The van der Waals surface area contributed by atoms with Crippen LogP contribution < -0.4 is 10.1 Å². The number of rotatable bonds is 4. The molecule has 1 aliphatic carbocycles. The Balaban J connectivity index is 1.70. The monoisotopic (exact) mass is 334 g/mol. The van der Waals surface area contributed by atoms with Crippen LogP contribution in [0.5, 0.6) is 5.75 Å². The Hall–Kier alpha value is -1.95. The number of halogens is 1. The first kappa shape index (κ1) is 15.9. The van der Waals surface area contributed by atoms with Gasteiger partial charge in [-0.2, -0.15) is 0 Å². The molecule has 0 atom stereocenters. The van der Waals surface area contributed by atoms with Gasteiger partial charge in [-0.3, -0.25) is 4.79 Å². The van der Waals surface area contributed by atoms with Crippen molar-refractivity contribution in [3.63, 3.8) is 0 Å². The lowest BCUT2D eigenvalue weighted by Crippen LogP contribution is -2.24. The molecule has 122 valence electrons. The summed E-state index contributed by atoms with van der Waals surface area (Å²) >= 11 is 1.36. The second-order valence-electron chi connectivity index (χ2n) is 5.71. The summed E-state index contributed by atoms with van der Waals surface area (Å²) in [6, 6.07) is 4.72. The molecule has 6 heteroatoms. The Bertz CT molecular complexity index is 696. The molecule has 2 aromatic rings. The van der Waals surface area contributed by atoms with E-state index in [9.17, 15) is 9.18 Å². The van der Waals surface area contributed by atoms with Crippen LogP contribution in [-0.4, -0.2) is 18.0 Å². The van der Waals surface area contributed by atoms with Crippen molar-refractivity contribution in [3.05, 3.63) is 29.4 Å². The lowest BCUT2D eigenvalue weighted by Gasteiger charge is -2.19. The first-order valence-electron chi connectivity index (χ1n) is 7.77. The van der Waals surface area contributed by atoms with Crippen molar-refractivity contribution in [1.29, 1.82) is 0 Å². The second-order valence-corrected chi connectivity index (χ2v) is 6.57. The number of ether oxygens (including phenoxy) is 1. The molecule has 1 amide bonds. The summed E-state index contributed by atoms with van der Waals surface area (Å²) < 4.78 is 18.7. The summed E-state index contributed by atoms with van der Waals surface area (Å²) in [5.74, 6) is -0.0818. The first-order valence-corrected chi connectivity index (χ1v) is 8.65. The van der Waals surface area contributed by atoms with Crippen LogP contribution in [0.15, 0.2) is 23.6 Å². The van der Waals surface area contributed by atoms with Crippen molar-refractivity contribution in [2.24, 2.45) is 5.92 Å². The molecule has 4 nitrogen and oxygen atoms in total. The lowest BCUT2D eigenvalue weighted by atomic mass is 9.89. The van der Waals surface area contributed by atoms with Crippen LogP contribution in [-0.2, 0) is 4.79 Å². The summed E-state index contributed by atoms with van der Waals surface area (Å²) in [7, 11) is 1.43. The maximum absolute atomic E-state index is 13.8. The number of thiazole rings is 1. The summed E-state index contributed by atoms with van der Waals surface area (Å²) in [6.45, 7) is 0. The van der Waals surface area contributed by atoms with Gasteiger partial charge in [-0.1, -0.05) is 19.3 Å². The van der Waals surface area contributed by atoms with E-state index in [-0.39, 0.29) is 17.6 Å². The number of hydrogen-bond acceptors (Lipinski definition) is 4. The summed E-state index contributed by atoms with van der Waals surface area (Å²) in [6.07, 6.45) is 5.36. The van der Waals surface area contributed by atoms with E-state index in [0.717, 1.165) is 25.7 Å². The highest BCUT2D eigenvalue weighted by molar-refractivity contribution is 7.14. The van der Waals surface area contributed by atoms with Crippen molar-refractivity contribution < 1.29 is 13.9 Å². The van der Waals surface area contributed by atoms with E-state index in [2.05, 4.69) is 10.3 Å². The highest BCUT2D eigenvalue weighted by Crippen LogP contribution is 2.30. The summed E-state index contributed by atoms with van der Waals surface area (Å²) in [5.41, 5.74) is 1.31. The fraction of sp³-hybridized carbons (Fsp3) is 0.412. The minimum Gasteiger partial charge on any atom is -0.494 e.